The molecular formula is C12H16N2O3. The molecule has 0 N–H and O–H groups in total. The van der Waals surface area contributed by atoms with Gasteiger partial charge in [-0.15, -0.1) is 0 Å². The Morgan fingerprint density at radius 3 is 2.06 bits per heavy atom. The van der Waals surface area contributed by atoms with Gasteiger partial charge in [0, 0.05) is 13.1 Å². The van der Waals surface area contributed by atoms with Gasteiger partial charge in [-0.3, -0.25) is 19.3 Å². The van der Waals surface area contributed by atoms with Crippen LogP contribution >= 0.6 is 0 Å². The average molecular weight is 236 g/mol. The number of rotatable bonds is 2. The lowest BCUT2D eigenvalue weighted by Crippen LogP contribution is -2.38. The predicted molar refractivity (Wildman–Crippen MR) is 58.7 cm³/mol. The number of carbonyl (C=O) groups is 3. The Morgan fingerprint density at radius 1 is 1.06 bits per heavy atom. The molecule has 0 spiro atoms. The van der Waals surface area contributed by atoms with Crippen LogP contribution < -0.4 is 0 Å². The number of amides is 3. The first-order valence-electron chi connectivity index (χ1n) is 6.31. The van der Waals surface area contributed by atoms with E-state index < -0.39 is 0 Å². The summed E-state index contributed by atoms with van der Waals surface area (Å²) in [4.78, 5) is 38.6. The van der Waals surface area contributed by atoms with Gasteiger partial charge in [0.2, 0.25) is 17.7 Å². The zero-order valence-corrected chi connectivity index (χ0v) is 9.72. The number of hydrogen-bond acceptors (Lipinski definition) is 3. The van der Waals surface area contributed by atoms with E-state index in [4.69, 9.17) is 0 Å². The lowest BCUT2D eigenvalue weighted by Gasteiger charge is -2.19. The first-order chi connectivity index (χ1) is 8.18. The molecule has 2 atom stereocenters. The van der Waals surface area contributed by atoms with E-state index in [1.807, 2.05) is 0 Å². The second kappa shape index (κ2) is 3.82. The first kappa shape index (κ1) is 10.7. The summed E-state index contributed by atoms with van der Waals surface area (Å²) in [6.45, 7) is 1.49. The molecule has 0 aromatic carbocycles. The third kappa shape index (κ3) is 1.73. The van der Waals surface area contributed by atoms with E-state index in [0.29, 0.717) is 0 Å². The highest BCUT2D eigenvalue weighted by Gasteiger charge is 2.49. The number of likely N-dealkylation sites (tertiary alicyclic amines) is 1. The molecule has 1 aliphatic carbocycles. The van der Waals surface area contributed by atoms with E-state index in [9.17, 15) is 14.4 Å². The fourth-order valence-corrected chi connectivity index (χ4v) is 2.92. The summed E-state index contributed by atoms with van der Waals surface area (Å²) in [6, 6.07) is 0. The number of hydrogen-bond donors (Lipinski definition) is 0. The molecule has 1 saturated carbocycles. The summed E-state index contributed by atoms with van der Waals surface area (Å²) < 4.78 is 0. The highest BCUT2D eigenvalue weighted by molar-refractivity contribution is 6.07. The quantitative estimate of drug-likeness (QED) is 0.501. The van der Waals surface area contributed by atoms with Crippen molar-refractivity contribution in [3.8, 4) is 0 Å². The van der Waals surface area contributed by atoms with Crippen LogP contribution in [-0.2, 0) is 14.4 Å². The maximum Gasteiger partial charge on any atom is 0.242 e. The Balaban J connectivity index is 1.73. The van der Waals surface area contributed by atoms with E-state index in [1.54, 1.807) is 4.90 Å². The molecule has 2 saturated heterocycles. The van der Waals surface area contributed by atoms with Gasteiger partial charge in [0.25, 0.3) is 0 Å². The van der Waals surface area contributed by atoms with Gasteiger partial charge in [0.05, 0.1) is 11.8 Å². The van der Waals surface area contributed by atoms with E-state index in [1.165, 1.54) is 4.90 Å². The molecule has 2 aliphatic heterocycles. The van der Waals surface area contributed by atoms with Gasteiger partial charge >= 0.3 is 0 Å². The third-order valence-electron chi connectivity index (χ3n) is 4.03. The summed E-state index contributed by atoms with van der Waals surface area (Å²) in [7, 11) is 0. The highest BCUT2D eigenvalue weighted by atomic mass is 16.2. The number of carbonyl (C=O) groups excluding carboxylic acids is 3. The van der Waals surface area contributed by atoms with Crippen LogP contribution in [0.4, 0.5) is 0 Å². The Kier molecular flexibility index (Phi) is 2.42. The largest absolute Gasteiger partial charge is 0.338 e. The molecule has 3 rings (SSSR count). The van der Waals surface area contributed by atoms with Gasteiger partial charge in [-0.2, -0.15) is 0 Å². The molecule has 5 heteroatoms. The van der Waals surface area contributed by atoms with Crippen molar-refractivity contribution in [2.45, 2.75) is 25.7 Å². The first-order valence-corrected chi connectivity index (χ1v) is 6.31. The van der Waals surface area contributed by atoms with Gasteiger partial charge in [-0.1, -0.05) is 12.8 Å². The van der Waals surface area contributed by atoms with E-state index in [-0.39, 0.29) is 36.1 Å². The Bertz CT molecular complexity index is 365. The van der Waals surface area contributed by atoms with Crippen LogP contribution in [0.15, 0.2) is 0 Å². The predicted octanol–water partition coefficient (Wildman–Crippen LogP) is 0.00380. The third-order valence-corrected chi connectivity index (χ3v) is 4.03. The summed E-state index contributed by atoms with van der Waals surface area (Å²) in [5, 5.41) is 0. The second-order valence-corrected chi connectivity index (χ2v) is 5.14. The molecule has 0 unspecified atom stereocenters. The van der Waals surface area contributed by atoms with Gasteiger partial charge in [-0.05, 0) is 12.8 Å². The molecule has 3 aliphatic rings. The van der Waals surface area contributed by atoms with Crippen LogP contribution in [0.2, 0.25) is 0 Å². The summed E-state index contributed by atoms with van der Waals surface area (Å²) in [5.74, 6) is -0.605. The standard InChI is InChI=1S/C12H16N2O3/c15-10(13-5-6-13)7-14-11(16)8-3-1-2-4-9(8)12(14)17/h8-9H,1-7H2/t8-,9-/m1/s1. The molecule has 3 fully saturated rings. The van der Waals surface area contributed by atoms with Crippen molar-refractivity contribution < 1.29 is 14.4 Å². The van der Waals surface area contributed by atoms with E-state index in [0.717, 1.165) is 38.8 Å². The molecule has 0 aromatic heterocycles. The van der Waals surface area contributed by atoms with Crippen molar-refractivity contribution in [3.05, 3.63) is 0 Å². The molecule has 0 aromatic rings. The zero-order valence-electron chi connectivity index (χ0n) is 9.72. The smallest absolute Gasteiger partial charge is 0.242 e. The van der Waals surface area contributed by atoms with Gasteiger partial charge < -0.3 is 4.90 Å². The van der Waals surface area contributed by atoms with Crippen molar-refractivity contribution in [2.24, 2.45) is 11.8 Å². The van der Waals surface area contributed by atoms with Crippen molar-refractivity contribution in [1.29, 1.82) is 0 Å². The van der Waals surface area contributed by atoms with E-state index >= 15 is 0 Å². The average Bonchev–Trinajstić information content (AvgIpc) is 3.15. The van der Waals surface area contributed by atoms with Gasteiger partial charge in [0.15, 0.2) is 0 Å². The lowest BCUT2D eigenvalue weighted by atomic mass is 9.81. The zero-order chi connectivity index (χ0) is 12.0. The Hall–Kier alpha value is -1.39. The number of fused-ring (bicyclic) bond motifs is 1. The van der Waals surface area contributed by atoms with E-state index in [2.05, 4.69) is 0 Å². The topological polar surface area (TPSA) is 57.5 Å². The molecule has 5 nitrogen and oxygen atoms in total. The molecule has 3 amide bonds. The molecule has 0 bridgehead atoms. The fourth-order valence-electron chi connectivity index (χ4n) is 2.92. The normalized spacial score (nSPS) is 31.8. The SMILES string of the molecule is O=C(CN1C(=O)[C@@H]2CCCC[C@H]2C1=O)N1CC1. The minimum absolute atomic E-state index is 0.0370. The number of nitrogens with zero attached hydrogens (tertiary/aromatic N) is 2. The van der Waals surface area contributed by atoms with Crippen LogP contribution in [-0.4, -0.2) is 47.2 Å². The molecule has 0 radical (unpaired) electrons. The van der Waals surface area contributed by atoms with Crippen LogP contribution in [0.25, 0.3) is 0 Å². The van der Waals surface area contributed by atoms with Crippen LogP contribution in [0, 0.1) is 11.8 Å². The molecule has 92 valence electrons. The second-order valence-electron chi connectivity index (χ2n) is 5.14. The summed E-state index contributed by atoms with van der Waals surface area (Å²) in [6.07, 6.45) is 3.66. The van der Waals surface area contributed by atoms with Crippen LogP contribution in [0.1, 0.15) is 25.7 Å². The lowest BCUT2D eigenvalue weighted by molar-refractivity contribution is -0.144. The molecule has 2 heterocycles. The van der Waals surface area contributed by atoms with Crippen LogP contribution in [0.5, 0.6) is 0 Å². The molecule has 17 heavy (non-hydrogen) atoms. The van der Waals surface area contributed by atoms with Gasteiger partial charge in [-0.25, -0.2) is 0 Å². The van der Waals surface area contributed by atoms with Gasteiger partial charge in [0.1, 0.15) is 6.54 Å². The molecular weight excluding hydrogens is 220 g/mol. The minimum atomic E-state index is -0.141. The maximum absolute atomic E-state index is 12.1. The number of imide groups is 1. The van der Waals surface area contributed by atoms with Crippen molar-refractivity contribution in [3.63, 3.8) is 0 Å². The van der Waals surface area contributed by atoms with Crippen molar-refractivity contribution >= 4 is 17.7 Å². The summed E-state index contributed by atoms with van der Waals surface area (Å²) in [5.41, 5.74) is 0. The maximum atomic E-state index is 12.1. The van der Waals surface area contributed by atoms with Crippen molar-refractivity contribution in [1.82, 2.24) is 9.80 Å². The van der Waals surface area contributed by atoms with Crippen molar-refractivity contribution in [2.75, 3.05) is 19.6 Å². The monoisotopic (exact) mass is 236 g/mol. The fraction of sp³-hybridized carbons (Fsp3) is 0.750. The van der Waals surface area contributed by atoms with Crippen LogP contribution in [0.3, 0.4) is 0 Å². The summed E-state index contributed by atoms with van der Waals surface area (Å²) >= 11 is 0. The Morgan fingerprint density at radius 2 is 1.59 bits per heavy atom. The highest BCUT2D eigenvalue weighted by Crippen LogP contribution is 2.37. The Labute approximate surface area is 99.7 Å². The minimum Gasteiger partial charge on any atom is -0.338 e.